The summed E-state index contributed by atoms with van der Waals surface area (Å²) in [5.41, 5.74) is 4.76. The van der Waals surface area contributed by atoms with E-state index in [0.717, 1.165) is 67.7 Å². The van der Waals surface area contributed by atoms with Gasteiger partial charge >= 0.3 is 0 Å². The van der Waals surface area contributed by atoms with Crippen molar-refractivity contribution in [3.05, 3.63) is 195 Å². The average molecular weight is 1280 g/mol. The zero-order valence-electron chi connectivity index (χ0n) is 40.6. The zero-order chi connectivity index (χ0) is 54.4. The van der Waals surface area contributed by atoms with Gasteiger partial charge in [-0.3, -0.25) is 9.59 Å². The summed E-state index contributed by atoms with van der Waals surface area (Å²) < 4.78 is 18.5. The first kappa shape index (κ1) is 58.2. The summed E-state index contributed by atoms with van der Waals surface area (Å²) in [6.07, 6.45) is 20.0. The van der Waals surface area contributed by atoms with Crippen molar-refractivity contribution in [2.75, 3.05) is 35.4 Å². The number of aromatic nitrogens is 10. The minimum atomic E-state index is -0.180. The molecule has 0 aromatic carbocycles. The highest BCUT2D eigenvalue weighted by Gasteiger charge is 2.05. The van der Waals surface area contributed by atoms with E-state index in [0.29, 0.717) is 38.8 Å². The van der Waals surface area contributed by atoms with Crippen molar-refractivity contribution in [1.82, 2.24) is 54.7 Å². The Hall–Kier alpha value is -7.73. The Morgan fingerprint density at radius 3 is 1.53 bits per heavy atom. The monoisotopic (exact) mass is 1280 g/mol. The maximum Gasteiger partial charge on any atom is 0.274 e. The second kappa shape index (κ2) is 29.2. The largest absolute Gasteiger partial charge is 0.495 e. The van der Waals surface area contributed by atoms with Gasteiger partial charge in [-0.1, -0.05) is 11.6 Å². The van der Waals surface area contributed by atoms with Crippen LogP contribution in [0, 0.1) is 29.6 Å². The summed E-state index contributed by atoms with van der Waals surface area (Å²) in [6, 6.07) is 22.5. The van der Waals surface area contributed by atoms with Gasteiger partial charge in [0.15, 0.2) is 5.15 Å². The fraction of sp³-hybridized carbons (Fsp3) is 0.115. The lowest BCUT2D eigenvalue weighted by Crippen LogP contribution is -2.06. The Kier molecular flexibility index (Phi) is 22.7. The Bertz CT molecular complexity index is 3730. The van der Waals surface area contributed by atoms with Gasteiger partial charge in [-0.15, -0.1) is 0 Å². The van der Waals surface area contributed by atoms with Crippen molar-refractivity contribution in [2.45, 2.75) is 6.92 Å². The van der Waals surface area contributed by atoms with E-state index in [1.807, 2.05) is 98.9 Å². The number of nitriles is 2. The minimum absolute atomic E-state index is 0.153. The number of hydrogen-bond acceptors (Lipinski definition) is 16. The number of hydrogen-bond donors (Lipinski definition) is 2. The third-order valence-corrected chi connectivity index (χ3v) is 11.8. The van der Waals surface area contributed by atoms with Crippen molar-refractivity contribution in [3.63, 3.8) is 0 Å². The number of halogens is 5. The fourth-order valence-corrected chi connectivity index (χ4v) is 7.82. The van der Waals surface area contributed by atoms with Crippen LogP contribution in [-0.4, -0.2) is 90.2 Å². The third kappa shape index (κ3) is 17.4. The van der Waals surface area contributed by atoms with E-state index in [4.69, 9.17) is 36.3 Å². The smallest absolute Gasteiger partial charge is 0.274 e. The summed E-state index contributed by atoms with van der Waals surface area (Å²) in [6.45, 7) is 1.86. The van der Waals surface area contributed by atoms with E-state index in [2.05, 4.69) is 114 Å². The van der Waals surface area contributed by atoms with Gasteiger partial charge in [0.2, 0.25) is 0 Å². The minimum Gasteiger partial charge on any atom is -0.495 e. The van der Waals surface area contributed by atoms with Gasteiger partial charge < -0.3 is 29.1 Å². The molecule has 2 N–H and O–H groups in total. The number of nitrogens with one attached hydrogen (secondary N) is 2. The molecule has 0 bridgehead atoms. The van der Waals surface area contributed by atoms with E-state index >= 15 is 0 Å². The Labute approximate surface area is 468 Å². The third-order valence-electron chi connectivity index (χ3n) is 9.62. The van der Waals surface area contributed by atoms with Crippen LogP contribution in [-0.2, 0) is 0 Å². The van der Waals surface area contributed by atoms with Crippen molar-refractivity contribution in [3.8, 4) is 29.4 Å². The molecular formula is C52H42Br4ClN13O5. The molecule has 0 atom stereocenters. The predicted molar refractivity (Wildman–Crippen MR) is 305 cm³/mol. The number of aryl methyl sites for hydroxylation is 1. The molecule has 0 saturated heterocycles. The first-order valence-electron chi connectivity index (χ1n) is 21.5. The van der Waals surface area contributed by atoms with E-state index in [-0.39, 0.29) is 11.1 Å². The Balaban J connectivity index is 0.000000167. The number of ether oxygens (including phenoxy) is 3. The molecule has 23 heteroatoms. The fourth-order valence-electron chi connectivity index (χ4n) is 6.01. The van der Waals surface area contributed by atoms with Crippen LogP contribution in [0.5, 0.6) is 17.2 Å². The second-order valence-corrected chi connectivity index (χ2v) is 18.9. The zero-order valence-corrected chi connectivity index (χ0v) is 47.7. The number of methoxy groups -OCH3 is 3. The number of pyridine rings is 10. The van der Waals surface area contributed by atoms with Crippen LogP contribution in [0.3, 0.4) is 0 Å². The van der Waals surface area contributed by atoms with E-state index in [9.17, 15) is 9.59 Å². The van der Waals surface area contributed by atoms with Crippen LogP contribution in [0.15, 0.2) is 156 Å². The lowest BCUT2D eigenvalue weighted by molar-refractivity contribution is 0.413. The highest BCUT2D eigenvalue weighted by molar-refractivity contribution is 9.11. The van der Waals surface area contributed by atoms with Gasteiger partial charge in [0, 0.05) is 98.0 Å². The van der Waals surface area contributed by atoms with Gasteiger partial charge in [-0.2, -0.15) is 10.5 Å². The summed E-state index contributed by atoms with van der Waals surface area (Å²) in [4.78, 5) is 61.6. The molecule has 10 aromatic heterocycles. The SMILES string of the molecule is CN(C)/C=C/c1cc(Br)cnc1C#N.COc1cnc2c(=O)[nH]ccc2c1.COc1cnc2c(Br)nccc2c1.COc1cnc2c(Cl)nccc2c1.Cc1cc(Br)cnc1C#N.O=c1[nH]ccc2cc(Br)cnc12. The van der Waals surface area contributed by atoms with Gasteiger partial charge in [0.05, 0.1) is 39.9 Å². The normalized spacial score (nSPS) is 10.1. The second-order valence-electron chi connectivity index (χ2n) is 15.0. The van der Waals surface area contributed by atoms with Crippen LogP contribution < -0.4 is 25.3 Å². The number of nitrogens with zero attached hydrogens (tertiary/aromatic N) is 11. The molecular weight excluding hydrogens is 1240 g/mol. The molecule has 10 heterocycles. The van der Waals surface area contributed by atoms with E-state index in [1.54, 1.807) is 89.2 Å². The molecule has 0 unspecified atom stereocenters. The van der Waals surface area contributed by atoms with E-state index in [1.165, 1.54) is 6.20 Å². The highest BCUT2D eigenvalue weighted by Crippen LogP contribution is 2.24. The predicted octanol–water partition coefficient (Wildman–Crippen LogP) is 11.6. The summed E-state index contributed by atoms with van der Waals surface area (Å²) in [5.74, 6) is 2.12. The molecule has 0 radical (unpaired) electrons. The van der Waals surface area contributed by atoms with E-state index < -0.39 is 0 Å². The molecule has 0 aliphatic heterocycles. The lowest BCUT2D eigenvalue weighted by atomic mass is 10.2. The molecule has 0 aliphatic rings. The summed E-state index contributed by atoms with van der Waals surface area (Å²) in [5, 5.41) is 21.3. The average Bonchev–Trinajstić information content (AvgIpc) is 3.41. The molecule has 18 nitrogen and oxygen atoms in total. The van der Waals surface area contributed by atoms with Gasteiger partial charge in [0.1, 0.15) is 67.4 Å². The quantitative estimate of drug-likeness (QED) is 0.152. The molecule has 0 spiro atoms. The van der Waals surface area contributed by atoms with Gasteiger partial charge in [-0.25, -0.2) is 39.9 Å². The van der Waals surface area contributed by atoms with Gasteiger partial charge in [-0.05, 0) is 149 Å². The molecule has 10 aromatic rings. The molecule has 0 fully saturated rings. The van der Waals surface area contributed by atoms with Crippen LogP contribution in [0.25, 0.3) is 49.7 Å². The van der Waals surface area contributed by atoms with Crippen LogP contribution in [0.4, 0.5) is 0 Å². The van der Waals surface area contributed by atoms with Crippen molar-refractivity contribution < 1.29 is 14.2 Å². The molecule has 0 aliphatic carbocycles. The van der Waals surface area contributed by atoms with Crippen molar-refractivity contribution in [1.29, 1.82) is 10.5 Å². The summed E-state index contributed by atoms with van der Waals surface area (Å²) >= 11 is 19.0. The maximum absolute atomic E-state index is 11.2. The van der Waals surface area contributed by atoms with Crippen LogP contribution in [0.2, 0.25) is 5.15 Å². The molecule has 0 amide bonds. The lowest BCUT2D eigenvalue weighted by Gasteiger charge is -2.03. The first-order valence-corrected chi connectivity index (χ1v) is 25.1. The van der Waals surface area contributed by atoms with Crippen molar-refractivity contribution in [2.24, 2.45) is 0 Å². The highest BCUT2D eigenvalue weighted by atomic mass is 79.9. The topological polar surface area (TPSA) is 247 Å². The molecule has 380 valence electrons. The van der Waals surface area contributed by atoms with Crippen molar-refractivity contribution >= 4 is 125 Å². The number of rotatable bonds is 5. The first-order chi connectivity index (χ1) is 36.1. The number of aromatic amines is 2. The Morgan fingerprint density at radius 2 is 1.00 bits per heavy atom. The number of fused-ring (bicyclic) bond motifs is 4. The van der Waals surface area contributed by atoms with Crippen LogP contribution >= 0.6 is 75.3 Å². The number of H-pyrrole nitrogens is 2. The molecule has 75 heavy (non-hydrogen) atoms. The Morgan fingerprint density at radius 1 is 0.560 bits per heavy atom. The standard InChI is InChI=1S/C10H10BrN3.C9H7BrN2O.C9H7ClN2O.C9H8N2O2.C8H5BrN2O.C7H5BrN2/c1-14(2)4-3-8-5-9(11)7-13-10(8)6-12;2*1-13-7-4-6-2-3-11-9(10)8(6)12-5-7;1-13-7-4-6-2-3-10-9(12)8(6)11-5-7;9-6-3-5-1-2-10-8(12)7(5)11-4-6;1-5-2-6(8)4-10-7(5)3-9/h3-5,7H,1-2H3;2*2-5H,1H3;2-5H,1H3,(H,10,12);1-4H,(H,10,12);2,4H,1H3/b4-3+;;;;;. The summed E-state index contributed by atoms with van der Waals surface area (Å²) in [7, 11) is 8.64. The van der Waals surface area contributed by atoms with Gasteiger partial charge in [0.25, 0.3) is 11.1 Å². The van der Waals surface area contributed by atoms with Crippen LogP contribution in [0.1, 0.15) is 22.5 Å². The maximum atomic E-state index is 11.2. The molecule has 0 saturated carbocycles. The molecule has 10 rings (SSSR count).